The van der Waals surface area contributed by atoms with E-state index in [9.17, 15) is 29.1 Å². The van der Waals surface area contributed by atoms with E-state index in [1.54, 1.807) is 29.2 Å². The molecule has 1 aliphatic rings. The van der Waals surface area contributed by atoms with Crippen molar-refractivity contribution in [3.05, 3.63) is 101 Å². The largest absolute Gasteiger partial charge is 0.481 e. The first kappa shape index (κ1) is 32.8. The van der Waals surface area contributed by atoms with Crippen LogP contribution in [0.1, 0.15) is 54.4 Å². The summed E-state index contributed by atoms with van der Waals surface area (Å²) in [6.07, 6.45) is -0.211. The van der Waals surface area contributed by atoms with Crippen LogP contribution in [-0.2, 0) is 36.9 Å². The molecule has 2 N–H and O–H groups in total. The molecule has 0 spiro atoms. The third kappa shape index (κ3) is 9.69. The van der Waals surface area contributed by atoms with Gasteiger partial charge in [0.2, 0.25) is 11.8 Å². The average Bonchev–Trinajstić information content (AvgIpc) is 2.99. The van der Waals surface area contributed by atoms with Crippen LogP contribution in [0.3, 0.4) is 0 Å². The fourth-order valence-corrected chi connectivity index (χ4v) is 4.74. The molecule has 1 atom stereocenters. The molecule has 4 rings (SSSR count). The molecule has 0 radical (unpaired) electrons. The molecule has 0 saturated carbocycles. The minimum Gasteiger partial charge on any atom is -0.481 e. The number of aliphatic carboxylic acids is 1. The van der Waals surface area contributed by atoms with Crippen molar-refractivity contribution < 1.29 is 29.1 Å². The summed E-state index contributed by atoms with van der Waals surface area (Å²) in [7, 11) is 0. The van der Waals surface area contributed by atoms with Gasteiger partial charge in [0.1, 0.15) is 5.78 Å². The lowest BCUT2D eigenvalue weighted by Crippen LogP contribution is -2.32. The van der Waals surface area contributed by atoms with E-state index in [0.29, 0.717) is 12.2 Å². The summed E-state index contributed by atoms with van der Waals surface area (Å²) in [6.45, 7) is 0.0300. The van der Waals surface area contributed by atoms with E-state index in [1.165, 1.54) is 0 Å². The van der Waals surface area contributed by atoms with Crippen LogP contribution < -0.4 is 10.2 Å². The number of carbonyl (C=O) groups is 5. The van der Waals surface area contributed by atoms with Gasteiger partial charge in [-0.1, -0.05) is 72.5 Å². The Kier molecular flexibility index (Phi) is 12.3. The Morgan fingerprint density at radius 3 is 2.14 bits per heavy atom. The highest BCUT2D eigenvalue weighted by Crippen LogP contribution is 2.26. The van der Waals surface area contributed by atoms with E-state index in [-0.39, 0.29) is 70.3 Å². The third-order valence-corrected chi connectivity index (χ3v) is 7.05. The molecule has 9 heteroatoms. The number of fused-ring (bicyclic) bond motifs is 2. The van der Waals surface area contributed by atoms with Crippen LogP contribution >= 0.6 is 13.5 Å². The Hall–Kier alpha value is -4.68. The van der Waals surface area contributed by atoms with Crippen molar-refractivity contribution in [3.8, 4) is 11.8 Å². The van der Waals surface area contributed by atoms with Gasteiger partial charge in [-0.3, -0.25) is 24.0 Å². The van der Waals surface area contributed by atoms with E-state index in [4.69, 9.17) is 0 Å². The maximum atomic E-state index is 13.3. The number of carboxylic acid groups (broad SMARTS) is 1. The van der Waals surface area contributed by atoms with Gasteiger partial charge in [-0.2, -0.15) is 13.5 Å². The Labute approximate surface area is 257 Å². The van der Waals surface area contributed by atoms with Crippen LogP contribution in [-0.4, -0.2) is 41.0 Å². The lowest BCUT2D eigenvalue weighted by atomic mass is 9.94. The minimum absolute atomic E-state index is 0. The van der Waals surface area contributed by atoms with E-state index in [2.05, 4.69) is 17.2 Å². The fourth-order valence-electron chi connectivity index (χ4n) is 4.74. The molecule has 0 saturated heterocycles. The quantitative estimate of drug-likeness (QED) is 0.285. The maximum absolute atomic E-state index is 13.3. The van der Waals surface area contributed by atoms with Gasteiger partial charge in [0.15, 0.2) is 5.78 Å². The molecule has 3 aromatic carbocycles. The van der Waals surface area contributed by atoms with Crippen molar-refractivity contribution in [1.82, 2.24) is 5.32 Å². The summed E-state index contributed by atoms with van der Waals surface area (Å²) in [5.74, 6) is 3.02. The zero-order chi connectivity index (χ0) is 29.9. The predicted molar refractivity (Wildman–Crippen MR) is 168 cm³/mol. The monoisotopic (exact) mass is 598 g/mol. The summed E-state index contributed by atoms with van der Waals surface area (Å²) >= 11 is 0. The van der Waals surface area contributed by atoms with E-state index in [0.717, 1.165) is 22.3 Å². The predicted octanol–water partition coefficient (Wildman–Crippen LogP) is 4.19. The number of carboxylic acids is 1. The van der Waals surface area contributed by atoms with E-state index >= 15 is 0 Å². The first-order valence-electron chi connectivity index (χ1n) is 13.9. The van der Waals surface area contributed by atoms with Crippen LogP contribution in [0.25, 0.3) is 0 Å². The molecule has 0 aliphatic carbocycles. The second kappa shape index (κ2) is 16.1. The first-order chi connectivity index (χ1) is 20.3. The van der Waals surface area contributed by atoms with Gasteiger partial charge in [0.05, 0.1) is 24.7 Å². The lowest BCUT2D eigenvalue weighted by Gasteiger charge is -2.26. The summed E-state index contributed by atoms with van der Waals surface area (Å²) in [6, 6.07) is 24.1. The molecule has 0 bridgehead atoms. The van der Waals surface area contributed by atoms with Gasteiger partial charge in [0.25, 0.3) is 0 Å². The van der Waals surface area contributed by atoms with Crippen LogP contribution in [0.2, 0.25) is 0 Å². The normalized spacial score (nSPS) is 12.0. The SMILES string of the molecule is O=C(CCC(=O)NCC(=O)C[C@@H](Cc1ccccc1)C(=O)O)CCC(=O)N1Cc2ccccc2C#Cc2ccccc21.S. The second-order valence-corrected chi connectivity index (χ2v) is 10.2. The van der Waals surface area contributed by atoms with Gasteiger partial charge in [0, 0.05) is 43.2 Å². The van der Waals surface area contributed by atoms with Gasteiger partial charge >= 0.3 is 5.97 Å². The summed E-state index contributed by atoms with van der Waals surface area (Å²) in [5.41, 5.74) is 4.00. The number of nitrogens with one attached hydrogen (secondary N) is 1. The Morgan fingerprint density at radius 2 is 1.40 bits per heavy atom. The van der Waals surface area contributed by atoms with Crippen LogP contribution in [0, 0.1) is 17.8 Å². The molecule has 8 nitrogen and oxygen atoms in total. The first-order valence-corrected chi connectivity index (χ1v) is 13.9. The number of nitrogens with zero attached hydrogens (tertiary/aromatic N) is 1. The molecule has 3 aromatic rings. The number of para-hydroxylation sites is 1. The van der Waals surface area contributed by atoms with Crippen LogP contribution in [0.4, 0.5) is 5.69 Å². The standard InChI is InChI=1S/C34H32N2O6.H2S/c37-29(16-18-32(39)35-22-30(38)21-28(34(41)42)20-24-8-2-1-3-9-24)17-19-33(40)36-23-27-12-5-4-10-25(27)14-15-26-11-6-7-13-31(26)36;/h1-13,28H,16-23H2,(H,35,39)(H,41,42);1H2/t28-;/m1./s1. The molecule has 43 heavy (non-hydrogen) atoms. The van der Waals surface area contributed by atoms with Crippen molar-refractivity contribution in [2.45, 2.75) is 45.1 Å². The highest BCUT2D eigenvalue weighted by Gasteiger charge is 2.23. The minimum atomic E-state index is -1.07. The highest BCUT2D eigenvalue weighted by molar-refractivity contribution is 7.59. The molecule has 0 unspecified atom stereocenters. The third-order valence-electron chi connectivity index (χ3n) is 7.05. The lowest BCUT2D eigenvalue weighted by molar-refractivity contribution is -0.143. The van der Waals surface area contributed by atoms with E-state index < -0.39 is 23.6 Å². The maximum Gasteiger partial charge on any atom is 0.307 e. The van der Waals surface area contributed by atoms with Crippen molar-refractivity contribution in [2.75, 3.05) is 11.4 Å². The van der Waals surface area contributed by atoms with Crippen molar-refractivity contribution in [3.63, 3.8) is 0 Å². The van der Waals surface area contributed by atoms with Crippen molar-refractivity contribution in [2.24, 2.45) is 5.92 Å². The summed E-state index contributed by atoms with van der Waals surface area (Å²) < 4.78 is 0. The summed E-state index contributed by atoms with van der Waals surface area (Å²) in [4.78, 5) is 63.6. The molecule has 0 aromatic heterocycles. The second-order valence-electron chi connectivity index (χ2n) is 10.2. The van der Waals surface area contributed by atoms with Gasteiger partial charge in [-0.25, -0.2) is 0 Å². The number of Topliss-reactive ketones (excluding diaryl/α,β-unsaturated/α-hetero) is 2. The van der Waals surface area contributed by atoms with Gasteiger partial charge in [-0.05, 0) is 35.7 Å². The number of amides is 2. The van der Waals surface area contributed by atoms with Crippen LogP contribution in [0.15, 0.2) is 78.9 Å². The van der Waals surface area contributed by atoms with Gasteiger partial charge < -0.3 is 15.3 Å². The molecule has 222 valence electrons. The zero-order valence-corrected chi connectivity index (χ0v) is 24.7. The number of carbonyl (C=O) groups excluding carboxylic acids is 4. The Balaban J connectivity index is 0.00000506. The number of hydrogen-bond acceptors (Lipinski definition) is 5. The number of hydrogen-bond donors (Lipinski definition) is 2. The number of benzene rings is 3. The molecule has 1 heterocycles. The molecule has 0 fully saturated rings. The molecule has 2 amide bonds. The average molecular weight is 599 g/mol. The number of anilines is 1. The number of rotatable bonds is 13. The van der Waals surface area contributed by atoms with Crippen LogP contribution in [0.5, 0.6) is 0 Å². The smallest absolute Gasteiger partial charge is 0.307 e. The molecular weight excluding hydrogens is 564 g/mol. The molecule has 1 aliphatic heterocycles. The fraction of sp³-hybridized carbons (Fsp3) is 0.265. The Bertz CT molecular complexity index is 1540. The highest BCUT2D eigenvalue weighted by atomic mass is 32.1. The topological polar surface area (TPSA) is 121 Å². The zero-order valence-electron chi connectivity index (χ0n) is 23.7. The Morgan fingerprint density at radius 1 is 0.767 bits per heavy atom. The van der Waals surface area contributed by atoms with Crippen molar-refractivity contribution >= 4 is 48.5 Å². The number of ketones is 2. The molecular formula is C34H34N2O6S. The van der Waals surface area contributed by atoms with E-state index in [1.807, 2.05) is 54.6 Å². The van der Waals surface area contributed by atoms with Gasteiger partial charge in [-0.15, -0.1) is 0 Å². The summed E-state index contributed by atoms with van der Waals surface area (Å²) in [5, 5.41) is 12.0. The van der Waals surface area contributed by atoms with Crippen molar-refractivity contribution in [1.29, 1.82) is 0 Å².